The minimum Gasteiger partial charge on any atom is -0.409 e. The summed E-state index contributed by atoms with van der Waals surface area (Å²) in [5, 5.41) is 23.5. The molecule has 0 fully saturated rings. The molecule has 0 saturated carbocycles. The van der Waals surface area contributed by atoms with E-state index in [0.29, 0.717) is 12.3 Å². The molecule has 5 heteroatoms. The second kappa shape index (κ2) is 6.62. The number of aliphatic hydroxyl groups is 1. The molecule has 84 valence electrons. The minimum atomic E-state index is 0.0523. The van der Waals surface area contributed by atoms with Crippen LogP contribution in [0.25, 0.3) is 0 Å². The van der Waals surface area contributed by atoms with E-state index in [0.717, 1.165) is 0 Å². The highest BCUT2D eigenvalue weighted by Gasteiger charge is 2.15. The van der Waals surface area contributed by atoms with Crippen LogP contribution in [-0.2, 0) is 0 Å². The minimum absolute atomic E-state index is 0.0523. The van der Waals surface area contributed by atoms with Crippen molar-refractivity contribution in [1.29, 1.82) is 0 Å². The van der Waals surface area contributed by atoms with Crippen LogP contribution in [0.15, 0.2) is 5.16 Å². The molecule has 2 unspecified atom stereocenters. The maximum atomic E-state index is 9.06. The van der Waals surface area contributed by atoms with Crippen molar-refractivity contribution in [2.45, 2.75) is 39.3 Å². The molecule has 14 heavy (non-hydrogen) atoms. The summed E-state index contributed by atoms with van der Waals surface area (Å²) in [6.45, 7) is 6.09. The van der Waals surface area contributed by atoms with Gasteiger partial charge in [-0.15, -0.1) is 0 Å². The Morgan fingerprint density at radius 3 is 2.36 bits per heavy atom. The first-order valence-electron chi connectivity index (χ1n) is 4.84. The van der Waals surface area contributed by atoms with Crippen molar-refractivity contribution in [3.63, 3.8) is 0 Å². The molecule has 0 spiro atoms. The van der Waals surface area contributed by atoms with E-state index in [4.69, 9.17) is 16.0 Å². The van der Waals surface area contributed by atoms with E-state index in [1.165, 1.54) is 0 Å². The van der Waals surface area contributed by atoms with Crippen molar-refractivity contribution < 1.29 is 10.3 Å². The second-order valence-electron chi connectivity index (χ2n) is 3.90. The fourth-order valence-corrected chi connectivity index (χ4v) is 1.23. The molecule has 0 aliphatic heterocycles. The van der Waals surface area contributed by atoms with Gasteiger partial charge in [0.25, 0.3) is 0 Å². The number of hydrogen-bond donors (Lipinski definition) is 4. The first-order chi connectivity index (χ1) is 6.51. The molecule has 0 aromatic carbocycles. The summed E-state index contributed by atoms with van der Waals surface area (Å²) in [4.78, 5) is 0. The smallest absolute Gasteiger partial charge is 0.140 e. The summed E-state index contributed by atoms with van der Waals surface area (Å²) in [6.07, 6.45) is 0.472. The molecule has 0 bridgehead atoms. The van der Waals surface area contributed by atoms with Gasteiger partial charge in [0.05, 0.1) is 6.61 Å². The Hall–Kier alpha value is -0.810. The lowest BCUT2D eigenvalue weighted by molar-refractivity contribution is 0.201. The Kier molecular flexibility index (Phi) is 6.23. The number of rotatable bonds is 6. The molecule has 0 aliphatic carbocycles. The third kappa shape index (κ3) is 5.04. The van der Waals surface area contributed by atoms with Crippen LogP contribution in [-0.4, -0.2) is 34.8 Å². The van der Waals surface area contributed by atoms with Gasteiger partial charge in [0.2, 0.25) is 0 Å². The molecule has 0 aliphatic rings. The number of nitrogens with two attached hydrogens (primary N) is 1. The van der Waals surface area contributed by atoms with Gasteiger partial charge in [-0.1, -0.05) is 19.0 Å². The zero-order valence-corrected chi connectivity index (χ0v) is 9.07. The highest BCUT2D eigenvalue weighted by Crippen LogP contribution is 2.03. The highest BCUT2D eigenvalue weighted by molar-refractivity contribution is 5.80. The van der Waals surface area contributed by atoms with Gasteiger partial charge in [-0.05, 0) is 12.8 Å². The van der Waals surface area contributed by atoms with Crippen LogP contribution in [0, 0.1) is 5.92 Å². The Morgan fingerprint density at radius 1 is 1.43 bits per heavy atom. The third-order valence-corrected chi connectivity index (χ3v) is 2.14. The third-order valence-electron chi connectivity index (χ3n) is 2.14. The van der Waals surface area contributed by atoms with Crippen LogP contribution in [0.5, 0.6) is 0 Å². The highest BCUT2D eigenvalue weighted by atomic mass is 16.4. The van der Waals surface area contributed by atoms with Crippen LogP contribution in [0.2, 0.25) is 0 Å². The van der Waals surface area contributed by atoms with E-state index in [1.54, 1.807) is 0 Å². The van der Waals surface area contributed by atoms with Crippen molar-refractivity contribution in [2.24, 2.45) is 16.8 Å². The molecule has 5 nitrogen and oxygen atoms in total. The van der Waals surface area contributed by atoms with Gasteiger partial charge in [-0.3, -0.25) is 0 Å². The largest absolute Gasteiger partial charge is 0.409 e. The van der Waals surface area contributed by atoms with E-state index < -0.39 is 0 Å². The first kappa shape index (κ1) is 13.2. The lowest BCUT2D eigenvalue weighted by atomic mass is 10.0. The molecule has 0 saturated heterocycles. The van der Waals surface area contributed by atoms with Crippen LogP contribution >= 0.6 is 0 Å². The summed E-state index contributed by atoms with van der Waals surface area (Å²) in [6, 6.07) is 0.141. The standard InChI is InChI=1S/C9H21N3O2/c1-6(2)8(5-13)11-7(3)4-9(10)12-14/h6-8,11,13-14H,4-5H2,1-3H3,(H2,10,12). The van der Waals surface area contributed by atoms with Crippen molar-refractivity contribution in [3.05, 3.63) is 0 Å². The van der Waals surface area contributed by atoms with Gasteiger partial charge in [-0.2, -0.15) is 0 Å². The van der Waals surface area contributed by atoms with E-state index in [2.05, 4.69) is 10.5 Å². The molecule has 0 aromatic rings. The number of aliphatic hydroxyl groups excluding tert-OH is 1. The monoisotopic (exact) mass is 203 g/mol. The van der Waals surface area contributed by atoms with E-state index in [9.17, 15) is 0 Å². The molecule has 0 aromatic heterocycles. The van der Waals surface area contributed by atoms with Gasteiger partial charge in [0.15, 0.2) is 0 Å². The predicted molar refractivity (Wildman–Crippen MR) is 56.3 cm³/mol. The van der Waals surface area contributed by atoms with Gasteiger partial charge in [0.1, 0.15) is 5.84 Å². The Morgan fingerprint density at radius 2 is 2.00 bits per heavy atom. The number of oxime groups is 1. The lowest BCUT2D eigenvalue weighted by Crippen LogP contribution is -2.43. The van der Waals surface area contributed by atoms with Gasteiger partial charge >= 0.3 is 0 Å². The Labute approximate surface area is 85.0 Å². The van der Waals surface area contributed by atoms with Crippen LogP contribution < -0.4 is 11.1 Å². The summed E-state index contributed by atoms with van der Waals surface area (Å²) < 4.78 is 0. The summed E-state index contributed by atoms with van der Waals surface area (Å²) >= 11 is 0. The zero-order valence-electron chi connectivity index (χ0n) is 9.07. The van der Waals surface area contributed by atoms with Crippen LogP contribution in [0.1, 0.15) is 27.2 Å². The maximum absolute atomic E-state index is 9.06. The molecule has 2 atom stereocenters. The zero-order chi connectivity index (χ0) is 11.1. The average Bonchev–Trinajstić information content (AvgIpc) is 2.13. The second-order valence-corrected chi connectivity index (χ2v) is 3.90. The first-order valence-corrected chi connectivity index (χ1v) is 4.84. The number of nitrogens with zero attached hydrogens (tertiary/aromatic N) is 1. The normalized spacial score (nSPS) is 17.1. The van der Waals surface area contributed by atoms with E-state index >= 15 is 0 Å². The average molecular weight is 203 g/mol. The van der Waals surface area contributed by atoms with Crippen molar-refractivity contribution in [3.8, 4) is 0 Å². The number of amidine groups is 1. The van der Waals surface area contributed by atoms with Crippen molar-refractivity contribution in [1.82, 2.24) is 5.32 Å². The fourth-order valence-electron chi connectivity index (χ4n) is 1.23. The molecule has 0 radical (unpaired) electrons. The predicted octanol–water partition coefficient (Wildman–Crippen LogP) is 0.118. The van der Waals surface area contributed by atoms with Crippen molar-refractivity contribution >= 4 is 5.84 Å². The number of nitrogens with one attached hydrogen (secondary N) is 1. The van der Waals surface area contributed by atoms with Crippen LogP contribution in [0.4, 0.5) is 0 Å². The van der Waals surface area contributed by atoms with Gasteiger partial charge in [0, 0.05) is 18.5 Å². The number of hydrogen-bond acceptors (Lipinski definition) is 4. The maximum Gasteiger partial charge on any atom is 0.140 e. The lowest BCUT2D eigenvalue weighted by Gasteiger charge is -2.24. The SMILES string of the molecule is CC(CC(N)=NO)NC(CO)C(C)C. The van der Waals surface area contributed by atoms with Crippen molar-refractivity contribution in [2.75, 3.05) is 6.61 Å². The van der Waals surface area contributed by atoms with E-state index in [1.807, 2.05) is 20.8 Å². The molecule has 0 amide bonds. The summed E-state index contributed by atoms with van der Waals surface area (Å²) in [5.41, 5.74) is 5.36. The van der Waals surface area contributed by atoms with E-state index in [-0.39, 0.29) is 24.5 Å². The molecule has 0 rings (SSSR count). The molecule has 5 N–H and O–H groups in total. The molecular weight excluding hydrogens is 182 g/mol. The summed E-state index contributed by atoms with van der Waals surface area (Å²) in [5.74, 6) is 0.556. The van der Waals surface area contributed by atoms with Gasteiger partial charge < -0.3 is 21.4 Å². The van der Waals surface area contributed by atoms with Gasteiger partial charge in [-0.25, -0.2) is 0 Å². The molecule has 0 heterocycles. The molecular formula is C9H21N3O2. The summed E-state index contributed by atoms with van der Waals surface area (Å²) in [7, 11) is 0. The topological polar surface area (TPSA) is 90.9 Å². The fraction of sp³-hybridized carbons (Fsp3) is 0.889. The Balaban J connectivity index is 3.96. The van der Waals surface area contributed by atoms with Crippen LogP contribution in [0.3, 0.4) is 0 Å². The quantitative estimate of drug-likeness (QED) is 0.213. The Bertz CT molecular complexity index is 183.